The van der Waals surface area contributed by atoms with Crippen molar-refractivity contribution in [1.82, 2.24) is 9.97 Å². The summed E-state index contributed by atoms with van der Waals surface area (Å²) >= 11 is 1.71. The number of thioether (sulfide) groups is 1. The Labute approximate surface area is 172 Å². The predicted molar refractivity (Wildman–Crippen MR) is 104 cm³/mol. The summed E-state index contributed by atoms with van der Waals surface area (Å²) in [5.41, 5.74) is 5.44. The fourth-order valence-electron chi connectivity index (χ4n) is 1.90. The van der Waals surface area contributed by atoms with Crippen LogP contribution in [0.15, 0.2) is 43.4 Å². The van der Waals surface area contributed by atoms with E-state index in [1.54, 1.807) is 6.26 Å². The van der Waals surface area contributed by atoms with Crippen LogP contribution in [0.3, 0.4) is 0 Å². The van der Waals surface area contributed by atoms with Gasteiger partial charge >= 0.3 is 0 Å². The zero-order valence-electron chi connectivity index (χ0n) is 14.8. The lowest BCUT2D eigenvalue weighted by atomic mass is 10.3. The van der Waals surface area contributed by atoms with Gasteiger partial charge in [-0.1, -0.05) is 16.8 Å². The van der Waals surface area contributed by atoms with Crippen LogP contribution in [0.2, 0.25) is 0 Å². The number of nitrogen functional groups attached to an aromatic ring is 1. The number of carbonyl (C=O) groups excluding carboxylic acids is 1. The summed E-state index contributed by atoms with van der Waals surface area (Å²) in [4.78, 5) is 19.2. The quantitative estimate of drug-likeness (QED) is 0.0851. The second-order valence-corrected chi connectivity index (χ2v) is 7.94. The number of amides is 1. The lowest BCUT2D eigenvalue weighted by Crippen LogP contribution is -2.10. The van der Waals surface area contributed by atoms with Crippen LogP contribution in [0.1, 0.15) is 6.92 Å². The minimum atomic E-state index is -4.65. The smallest absolute Gasteiger partial charge is 0.296 e. The van der Waals surface area contributed by atoms with Crippen molar-refractivity contribution in [2.24, 2.45) is 10.2 Å². The average Bonchev–Trinajstić information content (AvgIpc) is 2.64. The Hall–Kier alpha value is -2.34. The van der Waals surface area contributed by atoms with Crippen molar-refractivity contribution in [3.05, 3.63) is 18.2 Å². The number of rotatable bonds is 8. The summed E-state index contributed by atoms with van der Waals surface area (Å²) < 4.78 is 36.8. The molecule has 16 heteroatoms. The van der Waals surface area contributed by atoms with E-state index in [4.69, 9.17) is 11.0 Å². The molecule has 1 aromatic heterocycles. The Morgan fingerprint density at radius 3 is 2.62 bits per heavy atom. The van der Waals surface area contributed by atoms with E-state index in [1.165, 1.54) is 30.8 Å². The molecule has 1 aromatic carbocycles. The van der Waals surface area contributed by atoms with Crippen LogP contribution in [0.25, 0.3) is 0 Å². The topological polar surface area (TPSA) is 199 Å². The van der Waals surface area contributed by atoms with E-state index in [1.807, 2.05) is 0 Å². The number of aromatic nitrogens is 2. The third-order valence-corrected chi connectivity index (χ3v) is 5.02. The number of carbonyl (C=O) groups is 1. The zero-order chi connectivity index (χ0) is 21.6. The molecule has 0 aliphatic heterocycles. The fraction of sp³-hybridized carbons (Fsp3) is 0.154. The first kappa shape index (κ1) is 22.9. The van der Waals surface area contributed by atoms with Crippen molar-refractivity contribution in [2.45, 2.75) is 21.9 Å². The molecule has 1 heterocycles. The highest BCUT2D eigenvalue weighted by atomic mass is 32.2. The average molecular weight is 462 g/mol. The normalized spacial score (nSPS) is 11.7. The van der Waals surface area contributed by atoms with Gasteiger partial charge in [0.2, 0.25) is 5.91 Å². The fourth-order valence-corrected chi connectivity index (χ4v) is 3.27. The predicted octanol–water partition coefficient (Wildman–Crippen LogP) is 2.83. The first-order valence-corrected chi connectivity index (χ1v) is 10.7. The van der Waals surface area contributed by atoms with E-state index < -0.39 is 20.9 Å². The van der Waals surface area contributed by atoms with Gasteiger partial charge in [-0.25, -0.2) is 15.2 Å². The molecule has 0 radical (unpaired) electrons. The molecule has 13 nitrogen and oxygen atoms in total. The van der Waals surface area contributed by atoms with Gasteiger partial charge in [-0.05, 0) is 24.5 Å². The van der Waals surface area contributed by atoms with Crippen LogP contribution in [0.5, 0.6) is 0 Å². The summed E-state index contributed by atoms with van der Waals surface area (Å²) in [5, 5.41) is 22.0. The Bertz CT molecular complexity index is 1050. The maximum absolute atomic E-state index is 11.6. The van der Waals surface area contributed by atoms with Gasteiger partial charge in [-0.3, -0.25) is 9.35 Å². The highest BCUT2D eigenvalue weighted by Crippen LogP contribution is 2.35. The number of nitrogens with zero attached hydrogens (tertiary/aromatic N) is 4. The van der Waals surface area contributed by atoms with Gasteiger partial charge in [0, 0.05) is 11.8 Å². The molecule has 5 N–H and O–H groups in total. The maximum Gasteiger partial charge on any atom is 0.296 e. The van der Waals surface area contributed by atoms with Crippen LogP contribution in [0, 0.1) is 0 Å². The molecule has 156 valence electrons. The molecule has 0 aliphatic carbocycles. The van der Waals surface area contributed by atoms with Crippen LogP contribution in [-0.4, -0.2) is 40.4 Å². The Kier molecular flexibility index (Phi) is 7.85. The molecule has 0 unspecified atom stereocenters. The second kappa shape index (κ2) is 9.92. The third kappa shape index (κ3) is 6.32. The van der Waals surface area contributed by atoms with Gasteiger partial charge in [0.1, 0.15) is 10.6 Å². The monoisotopic (exact) mass is 462 g/mol. The van der Waals surface area contributed by atoms with Crippen molar-refractivity contribution in [1.29, 1.82) is 0 Å². The molecule has 2 aromatic rings. The van der Waals surface area contributed by atoms with Crippen molar-refractivity contribution in [3.8, 4) is 0 Å². The minimum absolute atomic E-state index is 0.0333. The van der Waals surface area contributed by atoms with E-state index in [9.17, 15) is 17.8 Å². The summed E-state index contributed by atoms with van der Waals surface area (Å²) in [7, 11) is -4.65. The minimum Gasteiger partial charge on any atom is -0.382 e. The van der Waals surface area contributed by atoms with Crippen molar-refractivity contribution >= 4 is 62.8 Å². The molecule has 2 rings (SSSR count). The van der Waals surface area contributed by atoms with Crippen LogP contribution >= 0.6 is 23.8 Å². The van der Waals surface area contributed by atoms with Gasteiger partial charge in [-0.15, -0.1) is 14.6 Å². The second-order valence-electron chi connectivity index (χ2n) is 5.00. The molecule has 0 saturated heterocycles. The molecule has 0 fully saturated rings. The SMILES string of the molecule is CSc1nc(N)c(N=Nc2cc(SOOO)ccc2S(=O)(=O)O)c(NC(C)=O)n1. The standard InChI is InChI=1S/C13H14N6O7S3/c1-6(20)15-12-10(11(14)16-13(17-12)27-2)19-18-8-5-7(28-26-25-21)3-4-9(8)29(22,23)24/h3-5,21H,1-2H3,(H,22,23,24)(H3,14,15,16,17,20). The highest BCUT2D eigenvalue weighted by Gasteiger charge is 2.18. The lowest BCUT2D eigenvalue weighted by Gasteiger charge is -2.09. The first-order chi connectivity index (χ1) is 13.7. The van der Waals surface area contributed by atoms with Crippen LogP contribution in [0.4, 0.5) is 23.0 Å². The third-order valence-electron chi connectivity index (χ3n) is 2.99. The summed E-state index contributed by atoms with van der Waals surface area (Å²) in [6, 6.07) is 3.49. The van der Waals surface area contributed by atoms with E-state index in [0.29, 0.717) is 12.0 Å². The molecular weight excluding hydrogens is 448 g/mol. The molecule has 29 heavy (non-hydrogen) atoms. The lowest BCUT2D eigenvalue weighted by molar-refractivity contribution is -0.432. The van der Waals surface area contributed by atoms with Gasteiger partial charge in [0.15, 0.2) is 22.5 Å². The van der Waals surface area contributed by atoms with Gasteiger partial charge in [0.25, 0.3) is 10.1 Å². The molecular formula is C13H14N6O7S3. The Morgan fingerprint density at radius 2 is 2.03 bits per heavy atom. The highest BCUT2D eigenvalue weighted by molar-refractivity contribution is 7.98. The molecule has 1 amide bonds. The Balaban J connectivity index is 2.56. The number of hydrogen-bond acceptors (Lipinski definition) is 13. The number of nitrogens with one attached hydrogen (secondary N) is 1. The molecule has 0 saturated carbocycles. The molecule has 0 spiro atoms. The summed E-state index contributed by atoms with van der Waals surface area (Å²) in [6.45, 7) is 1.25. The first-order valence-electron chi connectivity index (χ1n) is 7.32. The van der Waals surface area contributed by atoms with Crippen molar-refractivity contribution in [2.75, 3.05) is 17.3 Å². The van der Waals surface area contributed by atoms with E-state index in [2.05, 4.69) is 34.9 Å². The maximum atomic E-state index is 11.6. The number of hydrogen-bond donors (Lipinski definition) is 4. The molecule has 0 bridgehead atoms. The Morgan fingerprint density at radius 1 is 1.31 bits per heavy atom. The summed E-state index contributed by atoms with van der Waals surface area (Å²) in [6.07, 6.45) is 1.70. The van der Waals surface area contributed by atoms with E-state index >= 15 is 0 Å². The zero-order valence-corrected chi connectivity index (χ0v) is 17.2. The number of benzene rings is 1. The largest absolute Gasteiger partial charge is 0.382 e. The van der Waals surface area contributed by atoms with Gasteiger partial charge < -0.3 is 11.1 Å². The number of nitrogens with two attached hydrogens (primary N) is 1. The van der Waals surface area contributed by atoms with Crippen molar-refractivity contribution in [3.63, 3.8) is 0 Å². The van der Waals surface area contributed by atoms with Crippen molar-refractivity contribution < 1.29 is 32.4 Å². The van der Waals surface area contributed by atoms with Crippen LogP contribution in [-0.2, 0) is 24.3 Å². The van der Waals surface area contributed by atoms with Gasteiger partial charge in [0.05, 0.1) is 12.0 Å². The molecule has 0 atom stereocenters. The van der Waals surface area contributed by atoms with Crippen LogP contribution < -0.4 is 11.1 Å². The molecule has 0 aliphatic rings. The number of azo groups is 1. The van der Waals surface area contributed by atoms with Gasteiger partial charge in [-0.2, -0.15) is 8.42 Å². The van der Waals surface area contributed by atoms with E-state index in [0.717, 1.165) is 6.07 Å². The summed E-state index contributed by atoms with van der Waals surface area (Å²) in [5.74, 6) is -0.605. The van der Waals surface area contributed by atoms with E-state index in [-0.39, 0.29) is 33.1 Å². The number of anilines is 2.